The van der Waals surface area contributed by atoms with E-state index in [1.807, 2.05) is 22.7 Å². The number of fused-ring (bicyclic) bond motifs is 9. The van der Waals surface area contributed by atoms with Gasteiger partial charge in [0.2, 0.25) is 0 Å². The van der Waals surface area contributed by atoms with Crippen LogP contribution in [-0.2, 0) is 10.8 Å². The van der Waals surface area contributed by atoms with Gasteiger partial charge < -0.3 is 0 Å². The first-order valence-corrected chi connectivity index (χ1v) is 38.2. The van der Waals surface area contributed by atoms with Crippen molar-refractivity contribution >= 4 is 33.4 Å². The van der Waals surface area contributed by atoms with Crippen LogP contribution in [0.1, 0.15) is 240 Å². The Morgan fingerprint density at radius 1 is 0.304 bits per heavy atom. The molecule has 0 fully saturated rings. The lowest BCUT2D eigenvalue weighted by Gasteiger charge is -2.33. The SMILES string of the molecule is CCCCCCCCC1(CCCCCCCC)c2cc(C)ccc2-c2ccc(-c3cc(-c4ccc5c(c4)C(CCCCCCCC)(CCCCCCCC)c4cc(-c6ccc(-c7ccc(C)s7)s6)ccc4-5)nc(-c4cc5c6c(cccc6c4)-c4ccccc4-5)n3)cc21. The zero-order valence-corrected chi connectivity index (χ0v) is 58.2. The number of benzene rings is 7. The van der Waals surface area contributed by atoms with Crippen molar-refractivity contribution in [1.82, 2.24) is 9.97 Å². The smallest absolute Gasteiger partial charge is 0.160 e. The average molecular weight is 1250 g/mol. The molecule has 0 unspecified atom stereocenters. The number of hydrogen-bond acceptors (Lipinski definition) is 4. The van der Waals surface area contributed by atoms with Crippen LogP contribution in [0.5, 0.6) is 0 Å². The molecule has 2 nitrogen and oxygen atoms in total. The molecule has 0 saturated heterocycles. The van der Waals surface area contributed by atoms with Crippen LogP contribution in [0.15, 0.2) is 158 Å². The maximum absolute atomic E-state index is 5.84. The highest BCUT2D eigenvalue weighted by Gasteiger charge is 2.44. The van der Waals surface area contributed by atoms with Crippen LogP contribution in [0.2, 0.25) is 0 Å². The van der Waals surface area contributed by atoms with E-state index >= 15 is 0 Å². The molecule has 7 aromatic carbocycles. The van der Waals surface area contributed by atoms with E-state index in [-0.39, 0.29) is 10.8 Å². The maximum Gasteiger partial charge on any atom is 0.160 e. The molecule has 0 bridgehead atoms. The molecule has 3 aromatic heterocycles. The number of rotatable bonds is 33. The first-order valence-electron chi connectivity index (χ1n) is 36.5. The van der Waals surface area contributed by atoms with Gasteiger partial charge in [0.25, 0.3) is 0 Å². The monoisotopic (exact) mass is 1250 g/mol. The third kappa shape index (κ3) is 13.0. The van der Waals surface area contributed by atoms with Gasteiger partial charge in [0, 0.05) is 47.0 Å². The molecule has 0 atom stereocenters. The minimum absolute atomic E-state index is 0.0479. The molecule has 0 saturated carbocycles. The molecule has 0 spiro atoms. The Kier molecular flexibility index (Phi) is 20.4. The number of thiophene rings is 2. The Balaban J connectivity index is 0.967. The van der Waals surface area contributed by atoms with Gasteiger partial charge in [-0.3, -0.25) is 0 Å². The fraction of sp³-hybridized carbons (Fsp3) is 0.409. The summed E-state index contributed by atoms with van der Waals surface area (Å²) in [6, 6.07) is 62.4. The van der Waals surface area contributed by atoms with Crippen molar-refractivity contribution in [3.63, 3.8) is 0 Å². The van der Waals surface area contributed by atoms with Crippen molar-refractivity contribution in [2.24, 2.45) is 0 Å². The van der Waals surface area contributed by atoms with Gasteiger partial charge in [-0.2, -0.15) is 0 Å². The van der Waals surface area contributed by atoms with Crippen LogP contribution in [0.25, 0.3) is 109 Å². The van der Waals surface area contributed by atoms with Crippen LogP contribution in [-0.4, -0.2) is 9.97 Å². The van der Waals surface area contributed by atoms with Crippen LogP contribution in [0.3, 0.4) is 0 Å². The second-order valence-electron chi connectivity index (χ2n) is 28.1. The highest BCUT2D eigenvalue weighted by atomic mass is 32.1. The fourth-order valence-electron chi connectivity index (χ4n) is 16.7. The van der Waals surface area contributed by atoms with Gasteiger partial charge in [-0.1, -0.05) is 284 Å². The third-order valence-corrected chi connectivity index (χ3v) is 24.0. The van der Waals surface area contributed by atoms with Crippen molar-refractivity contribution in [3.8, 4) is 98.6 Å². The minimum atomic E-state index is -0.119. The van der Waals surface area contributed by atoms with E-state index in [1.54, 1.807) is 11.1 Å². The summed E-state index contributed by atoms with van der Waals surface area (Å²) in [5, 5.41) is 2.57. The topological polar surface area (TPSA) is 25.8 Å². The summed E-state index contributed by atoms with van der Waals surface area (Å²) in [5.74, 6) is 0.794. The molecule has 3 aliphatic rings. The molecule has 474 valence electrons. The zero-order valence-electron chi connectivity index (χ0n) is 56.5. The lowest BCUT2D eigenvalue weighted by Crippen LogP contribution is -2.26. The van der Waals surface area contributed by atoms with Crippen molar-refractivity contribution in [3.05, 3.63) is 190 Å². The number of nitrogens with zero attached hydrogens (tertiary/aromatic N) is 2. The molecule has 4 heteroatoms. The molecule has 10 aromatic rings. The number of hydrogen-bond donors (Lipinski definition) is 0. The lowest BCUT2D eigenvalue weighted by atomic mass is 9.70. The Bertz CT molecular complexity index is 4150. The van der Waals surface area contributed by atoms with E-state index in [0.29, 0.717) is 0 Å². The van der Waals surface area contributed by atoms with Crippen LogP contribution in [0, 0.1) is 13.8 Å². The quantitative estimate of drug-likeness (QED) is 0.0383. The van der Waals surface area contributed by atoms with Crippen molar-refractivity contribution < 1.29 is 0 Å². The Morgan fingerprint density at radius 3 is 1.24 bits per heavy atom. The highest BCUT2D eigenvalue weighted by Crippen LogP contribution is 2.58. The van der Waals surface area contributed by atoms with Gasteiger partial charge in [-0.25, -0.2) is 9.97 Å². The van der Waals surface area contributed by atoms with E-state index in [1.165, 1.54) is 275 Å². The van der Waals surface area contributed by atoms with Gasteiger partial charge >= 0.3 is 0 Å². The summed E-state index contributed by atoms with van der Waals surface area (Å²) >= 11 is 3.86. The highest BCUT2D eigenvalue weighted by molar-refractivity contribution is 7.23. The molecule has 3 aliphatic carbocycles. The number of aryl methyl sites for hydroxylation is 2. The standard InChI is InChI=1S/C88H100N2S2/c1-7-11-15-19-23-29-50-87(51-30-24-20-16-12-8-2)76-54-61(5)38-43-70(76)71-44-40-63(57-77(71)87)80-60-81(90-86(89-80)67-55-66-34-33-37-74-68-35-27-28-36-69(68)75(56-67)85(66)74)64-41-45-72-73-46-42-65(82-48-49-84(92-82)83-47-39-62(6)91-83)59-79(73)88(78(72)58-64,52-31-25-21-17-13-9-3)53-32-26-22-18-14-10-4/h27-28,33-49,54-60H,7-26,29-32,50-53H2,1-6H3. The zero-order chi connectivity index (χ0) is 63.0. The van der Waals surface area contributed by atoms with Gasteiger partial charge in [0.05, 0.1) is 11.4 Å². The minimum Gasteiger partial charge on any atom is -0.228 e. The van der Waals surface area contributed by atoms with Crippen LogP contribution >= 0.6 is 22.7 Å². The van der Waals surface area contributed by atoms with Gasteiger partial charge in [0.15, 0.2) is 5.82 Å². The van der Waals surface area contributed by atoms with Gasteiger partial charge in [-0.05, 0) is 183 Å². The maximum atomic E-state index is 5.84. The summed E-state index contributed by atoms with van der Waals surface area (Å²) in [5.41, 5.74) is 25.1. The van der Waals surface area contributed by atoms with Gasteiger partial charge in [0.1, 0.15) is 0 Å². The lowest BCUT2D eigenvalue weighted by molar-refractivity contribution is 0.398. The summed E-state index contributed by atoms with van der Waals surface area (Å²) in [6.45, 7) is 13.9. The van der Waals surface area contributed by atoms with E-state index in [2.05, 4.69) is 199 Å². The van der Waals surface area contributed by atoms with E-state index in [9.17, 15) is 0 Å². The molecule has 3 heterocycles. The van der Waals surface area contributed by atoms with Crippen molar-refractivity contribution in [2.75, 3.05) is 0 Å². The molecular weight excluding hydrogens is 1150 g/mol. The Labute approximate surface area is 560 Å². The molecule has 0 radical (unpaired) electrons. The molecule has 0 aliphatic heterocycles. The number of unbranched alkanes of at least 4 members (excludes halogenated alkanes) is 20. The predicted molar refractivity (Wildman–Crippen MR) is 401 cm³/mol. The normalized spacial score (nSPS) is 13.6. The van der Waals surface area contributed by atoms with Crippen LogP contribution in [0.4, 0.5) is 0 Å². The fourth-order valence-corrected chi connectivity index (χ4v) is 18.7. The van der Waals surface area contributed by atoms with E-state index < -0.39 is 0 Å². The molecule has 0 N–H and O–H groups in total. The first kappa shape index (κ1) is 64.0. The molecule has 0 amide bonds. The van der Waals surface area contributed by atoms with Crippen molar-refractivity contribution in [2.45, 2.75) is 232 Å². The Hall–Kier alpha value is -6.72. The summed E-state index contributed by atoms with van der Waals surface area (Å²) < 4.78 is 0. The summed E-state index contributed by atoms with van der Waals surface area (Å²) in [6.07, 6.45) is 35.8. The Morgan fingerprint density at radius 2 is 0.728 bits per heavy atom. The second kappa shape index (κ2) is 29.3. The van der Waals surface area contributed by atoms with Crippen molar-refractivity contribution in [1.29, 1.82) is 0 Å². The van der Waals surface area contributed by atoms with Crippen LogP contribution < -0.4 is 0 Å². The summed E-state index contributed by atoms with van der Waals surface area (Å²) in [4.78, 5) is 17.1. The second-order valence-corrected chi connectivity index (χ2v) is 30.4. The first-order chi connectivity index (χ1) is 45.2. The molecular formula is C88H100N2S2. The summed E-state index contributed by atoms with van der Waals surface area (Å²) in [7, 11) is 0. The van der Waals surface area contributed by atoms with Gasteiger partial charge in [-0.15, -0.1) is 22.7 Å². The average Bonchev–Trinajstić information content (AvgIpc) is 1.57. The molecule has 92 heavy (non-hydrogen) atoms. The van der Waals surface area contributed by atoms with E-state index in [4.69, 9.17) is 9.97 Å². The third-order valence-electron chi connectivity index (χ3n) is 21.6. The van der Waals surface area contributed by atoms with E-state index in [0.717, 1.165) is 35.6 Å². The molecule has 13 rings (SSSR count). The predicted octanol–water partition coefficient (Wildman–Crippen LogP) is 27.9. The number of aromatic nitrogens is 2. The largest absolute Gasteiger partial charge is 0.228 e.